The summed E-state index contributed by atoms with van der Waals surface area (Å²) in [5, 5.41) is 17.9. The van der Waals surface area contributed by atoms with Gasteiger partial charge in [-0.1, -0.05) is 0 Å². The van der Waals surface area contributed by atoms with Crippen LogP contribution in [0.25, 0.3) is 0 Å². The van der Waals surface area contributed by atoms with E-state index in [1.807, 2.05) is 0 Å². The molecule has 1 aromatic carbocycles. The van der Waals surface area contributed by atoms with E-state index >= 15 is 0 Å². The lowest BCUT2D eigenvalue weighted by molar-refractivity contribution is -0.147. The summed E-state index contributed by atoms with van der Waals surface area (Å²) < 4.78 is 37.9. The van der Waals surface area contributed by atoms with Crippen molar-refractivity contribution in [2.24, 2.45) is 0 Å². The van der Waals surface area contributed by atoms with Gasteiger partial charge in [0.15, 0.2) is 6.10 Å². The fourth-order valence-corrected chi connectivity index (χ4v) is 1.36. The molecule has 0 saturated heterocycles. The second-order valence-electron chi connectivity index (χ2n) is 3.95. The van der Waals surface area contributed by atoms with Gasteiger partial charge in [0.05, 0.1) is 5.56 Å². The first-order valence-electron chi connectivity index (χ1n) is 4.93. The van der Waals surface area contributed by atoms with Crippen LogP contribution < -0.4 is 4.90 Å². The van der Waals surface area contributed by atoms with E-state index in [1.54, 1.807) is 0 Å². The summed E-state index contributed by atoms with van der Waals surface area (Å²) in [4.78, 5) is 12.0. The van der Waals surface area contributed by atoms with Crippen molar-refractivity contribution in [2.75, 3.05) is 19.0 Å². The Morgan fingerprint density at radius 3 is 2.22 bits per heavy atom. The van der Waals surface area contributed by atoms with Crippen LogP contribution in [0, 0.1) is 0 Å². The van der Waals surface area contributed by atoms with Crippen molar-refractivity contribution in [2.45, 2.75) is 12.3 Å². The van der Waals surface area contributed by atoms with Crippen molar-refractivity contribution in [1.82, 2.24) is 0 Å². The lowest BCUT2D eigenvalue weighted by atomic mass is 10.0. The smallest absolute Gasteiger partial charge is 0.416 e. The summed E-state index contributed by atoms with van der Waals surface area (Å²) in [6.07, 6.45) is -6.58. The molecule has 0 aliphatic rings. The molecule has 18 heavy (non-hydrogen) atoms. The van der Waals surface area contributed by atoms with Gasteiger partial charge in [-0.25, -0.2) is 4.79 Å². The Morgan fingerprint density at radius 1 is 1.28 bits per heavy atom. The maximum Gasteiger partial charge on any atom is 0.416 e. The third kappa shape index (κ3) is 3.13. The first kappa shape index (κ1) is 14.3. The SMILES string of the molecule is CN(C)c1cc([C@@H](O)C(=O)O)cc(C(F)(F)F)c1. The van der Waals surface area contributed by atoms with Gasteiger partial charge in [-0.05, 0) is 23.8 Å². The number of aliphatic hydroxyl groups is 1. The van der Waals surface area contributed by atoms with Crippen LogP contribution in [-0.2, 0) is 11.0 Å². The molecular formula is C11H12F3NO3. The molecule has 0 bridgehead atoms. The molecule has 0 amide bonds. The summed E-state index contributed by atoms with van der Waals surface area (Å²) in [6.45, 7) is 0. The number of aliphatic hydroxyl groups excluding tert-OH is 1. The molecule has 0 saturated carbocycles. The maximum atomic E-state index is 12.6. The highest BCUT2D eigenvalue weighted by Gasteiger charge is 2.32. The quantitative estimate of drug-likeness (QED) is 0.874. The van der Waals surface area contributed by atoms with Crippen LogP contribution in [0.2, 0.25) is 0 Å². The van der Waals surface area contributed by atoms with Crippen molar-refractivity contribution in [1.29, 1.82) is 0 Å². The van der Waals surface area contributed by atoms with Crippen LogP contribution in [0.15, 0.2) is 18.2 Å². The molecule has 0 heterocycles. The Hall–Kier alpha value is -1.76. The van der Waals surface area contributed by atoms with Crippen molar-refractivity contribution in [3.8, 4) is 0 Å². The number of aliphatic carboxylic acids is 1. The van der Waals surface area contributed by atoms with Crippen LogP contribution in [0.4, 0.5) is 18.9 Å². The number of benzene rings is 1. The fourth-order valence-electron chi connectivity index (χ4n) is 1.36. The van der Waals surface area contributed by atoms with E-state index in [9.17, 15) is 23.1 Å². The average Bonchev–Trinajstić information content (AvgIpc) is 2.26. The topological polar surface area (TPSA) is 60.8 Å². The number of rotatable bonds is 3. The van der Waals surface area contributed by atoms with Crippen molar-refractivity contribution >= 4 is 11.7 Å². The highest BCUT2D eigenvalue weighted by atomic mass is 19.4. The molecule has 0 spiro atoms. The molecule has 100 valence electrons. The third-order valence-corrected chi connectivity index (χ3v) is 2.33. The maximum absolute atomic E-state index is 12.6. The summed E-state index contributed by atoms with van der Waals surface area (Å²) in [6, 6.07) is 2.72. The predicted molar refractivity (Wildman–Crippen MR) is 58.4 cm³/mol. The molecule has 2 N–H and O–H groups in total. The number of hydrogen-bond donors (Lipinski definition) is 2. The lowest BCUT2D eigenvalue weighted by Crippen LogP contribution is -2.16. The van der Waals surface area contributed by atoms with Crippen LogP contribution in [0.1, 0.15) is 17.2 Å². The van der Waals surface area contributed by atoms with E-state index < -0.39 is 23.8 Å². The molecule has 0 aliphatic carbocycles. The predicted octanol–water partition coefficient (Wildman–Crippen LogP) is 1.89. The zero-order valence-electron chi connectivity index (χ0n) is 9.69. The molecule has 0 radical (unpaired) electrons. The Morgan fingerprint density at radius 2 is 1.83 bits per heavy atom. The standard InChI is InChI=1S/C11H12F3NO3/c1-15(2)8-4-6(9(16)10(17)18)3-7(5-8)11(12,13)14/h3-5,9,16H,1-2H3,(H,17,18)/t9-/m1/s1. The van der Waals surface area contributed by atoms with Crippen LogP contribution in [-0.4, -0.2) is 30.3 Å². The largest absolute Gasteiger partial charge is 0.479 e. The highest BCUT2D eigenvalue weighted by Crippen LogP contribution is 2.34. The third-order valence-electron chi connectivity index (χ3n) is 2.33. The lowest BCUT2D eigenvalue weighted by Gasteiger charge is -2.18. The molecule has 4 nitrogen and oxygen atoms in total. The summed E-state index contributed by atoms with van der Waals surface area (Å²) in [7, 11) is 3.04. The Kier molecular flexibility index (Phi) is 3.85. The van der Waals surface area contributed by atoms with Gasteiger partial charge >= 0.3 is 12.1 Å². The number of nitrogens with zero attached hydrogens (tertiary/aromatic N) is 1. The Bertz CT molecular complexity index is 457. The molecule has 1 rings (SSSR count). The number of anilines is 1. The summed E-state index contributed by atoms with van der Waals surface area (Å²) in [5.41, 5.74) is -1.13. The highest BCUT2D eigenvalue weighted by molar-refractivity contribution is 5.75. The van der Waals surface area contributed by atoms with E-state index in [2.05, 4.69) is 0 Å². The minimum absolute atomic E-state index is 0.167. The number of hydrogen-bond acceptors (Lipinski definition) is 3. The number of alkyl halides is 3. The minimum atomic E-state index is -4.60. The van der Waals surface area contributed by atoms with E-state index in [4.69, 9.17) is 5.11 Å². The van der Waals surface area contributed by atoms with Gasteiger partial charge in [-0.3, -0.25) is 0 Å². The molecule has 0 aliphatic heterocycles. The van der Waals surface area contributed by atoms with Crippen LogP contribution >= 0.6 is 0 Å². The van der Waals surface area contributed by atoms with Gasteiger partial charge in [-0.2, -0.15) is 13.2 Å². The van der Waals surface area contributed by atoms with E-state index in [-0.39, 0.29) is 11.3 Å². The van der Waals surface area contributed by atoms with Gasteiger partial charge in [0.1, 0.15) is 0 Å². The normalized spacial score (nSPS) is 13.2. The molecule has 0 aromatic heterocycles. The van der Waals surface area contributed by atoms with Crippen LogP contribution in [0.5, 0.6) is 0 Å². The first-order valence-corrected chi connectivity index (χ1v) is 4.93. The van der Waals surface area contributed by atoms with Gasteiger partial charge in [0.25, 0.3) is 0 Å². The van der Waals surface area contributed by atoms with Gasteiger partial charge in [-0.15, -0.1) is 0 Å². The molecule has 7 heteroatoms. The summed E-state index contributed by atoms with van der Waals surface area (Å²) in [5.74, 6) is -1.60. The Labute approximate surface area is 101 Å². The van der Waals surface area contributed by atoms with Crippen molar-refractivity contribution in [3.05, 3.63) is 29.3 Å². The number of carboxylic acid groups (broad SMARTS) is 1. The zero-order valence-corrected chi connectivity index (χ0v) is 9.69. The number of carbonyl (C=O) groups is 1. The Balaban J connectivity index is 3.36. The van der Waals surface area contributed by atoms with Crippen molar-refractivity contribution < 1.29 is 28.2 Å². The molecule has 0 unspecified atom stereocenters. The summed E-state index contributed by atoms with van der Waals surface area (Å²) >= 11 is 0. The minimum Gasteiger partial charge on any atom is -0.479 e. The van der Waals surface area contributed by atoms with Gasteiger partial charge in [0, 0.05) is 19.8 Å². The molecule has 0 fully saturated rings. The average molecular weight is 263 g/mol. The number of halogens is 3. The van der Waals surface area contributed by atoms with E-state index in [0.29, 0.717) is 6.07 Å². The monoisotopic (exact) mass is 263 g/mol. The first-order chi connectivity index (χ1) is 8.12. The fraction of sp³-hybridized carbons (Fsp3) is 0.364. The van der Waals surface area contributed by atoms with Gasteiger partial charge < -0.3 is 15.1 Å². The van der Waals surface area contributed by atoms with Gasteiger partial charge in [0.2, 0.25) is 0 Å². The van der Waals surface area contributed by atoms with Crippen LogP contribution in [0.3, 0.4) is 0 Å². The second kappa shape index (κ2) is 4.85. The molecular weight excluding hydrogens is 251 g/mol. The van der Waals surface area contributed by atoms with E-state index in [1.165, 1.54) is 25.1 Å². The van der Waals surface area contributed by atoms with Crippen molar-refractivity contribution in [3.63, 3.8) is 0 Å². The molecule has 1 aromatic rings. The molecule has 1 atom stereocenters. The van der Waals surface area contributed by atoms with E-state index in [0.717, 1.165) is 6.07 Å². The number of carboxylic acids is 1. The zero-order chi connectivity index (χ0) is 14.1. The second-order valence-corrected chi connectivity index (χ2v) is 3.95.